The Hall–Kier alpha value is -3.70. The molecular formula is C35H44FN7O3. The van der Waals surface area contributed by atoms with Crippen LogP contribution >= 0.6 is 0 Å². The highest BCUT2D eigenvalue weighted by atomic mass is 19.1. The van der Waals surface area contributed by atoms with Gasteiger partial charge in [0.25, 0.3) is 5.91 Å². The molecule has 46 heavy (non-hydrogen) atoms. The van der Waals surface area contributed by atoms with Gasteiger partial charge in [-0.05, 0) is 74.4 Å². The number of nitrogen functional groups attached to an aromatic ring is 1. The molecule has 2 saturated heterocycles. The standard InChI is InChI=1S/C35H44FN7O3/c1-40(2)33(44)29-15-26-20-41(11-5-13-43(26)39-29)31-16-32(45-22-34-9-4-12-42(34)19-24(36)17-34)38-30-18-35(46-21-27(30)31)10-3-6-23-7-8-25(37)14-28(23)35/h7-8,14-16,24H,3-6,9-13,17-22,37H2,1-2H3/t24-,34+,35+/m1/s1. The maximum absolute atomic E-state index is 14.6. The predicted molar refractivity (Wildman–Crippen MR) is 173 cm³/mol. The second-order valence-corrected chi connectivity index (χ2v) is 14.2. The van der Waals surface area contributed by atoms with E-state index in [1.54, 1.807) is 19.0 Å². The highest BCUT2D eigenvalue weighted by Gasteiger charge is 2.49. The van der Waals surface area contributed by atoms with Gasteiger partial charge < -0.3 is 25.0 Å². The number of amides is 1. The number of rotatable bonds is 5. The zero-order valence-electron chi connectivity index (χ0n) is 26.9. The molecule has 244 valence electrons. The summed E-state index contributed by atoms with van der Waals surface area (Å²) in [5, 5.41) is 4.65. The number of halogens is 1. The highest BCUT2D eigenvalue weighted by Crippen LogP contribution is 2.47. The lowest BCUT2D eigenvalue weighted by molar-refractivity contribution is -0.0853. The van der Waals surface area contributed by atoms with Gasteiger partial charge in [0.05, 0.1) is 35.7 Å². The van der Waals surface area contributed by atoms with Gasteiger partial charge in [-0.2, -0.15) is 5.10 Å². The summed E-state index contributed by atoms with van der Waals surface area (Å²) in [4.78, 5) is 24.1. The van der Waals surface area contributed by atoms with Gasteiger partial charge in [0.2, 0.25) is 5.88 Å². The Morgan fingerprint density at radius 2 is 2.04 bits per heavy atom. The number of hydrogen-bond acceptors (Lipinski definition) is 8. The zero-order valence-corrected chi connectivity index (χ0v) is 26.9. The van der Waals surface area contributed by atoms with Crippen molar-refractivity contribution >= 4 is 17.3 Å². The Bertz CT molecular complexity index is 1680. The van der Waals surface area contributed by atoms with Gasteiger partial charge in [-0.15, -0.1) is 0 Å². The number of carbonyl (C=O) groups is 1. The van der Waals surface area contributed by atoms with E-state index in [-0.39, 0.29) is 11.4 Å². The molecule has 1 aliphatic carbocycles. The molecule has 10 nitrogen and oxygen atoms in total. The molecule has 2 N–H and O–H groups in total. The fourth-order valence-corrected chi connectivity index (χ4v) is 8.70. The largest absolute Gasteiger partial charge is 0.476 e. The molecule has 8 rings (SSSR count). The van der Waals surface area contributed by atoms with Crippen molar-refractivity contribution in [3.8, 4) is 5.88 Å². The van der Waals surface area contributed by atoms with Gasteiger partial charge in [-0.25, -0.2) is 9.37 Å². The topological polar surface area (TPSA) is 102 Å². The molecule has 1 aromatic carbocycles. The number of pyridine rings is 1. The van der Waals surface area contributed by atoms with Crippen molar-refractivity contribution in [2.45, 2.75) is 88.4 Å². The van der Waals surface area contributed by atoms with E-state index in [1.807, 2.05) is 16.8 Å². The van der Waals surface area contributed by atoms with Crippen LogP contribution in [0.25, 0.3) is 0 Å². The molecule has 1 amide bonds. The van der Waals surface area contributed by atoms with E-state index in [1.165, 1.54) is 11.1 Å². The quantitative estimate of drug-likeness (QED) is 0.419. The Labute approximate surface area is 269 Å². The fraction of sp³-hybridized carbons (Fsp3) is 0.571. The number of benzene rings is 1. The van der Waals surface area contributed by atoms with Crippen LogP contribution in [0.1, 0.15) is 77.1 Å². The summed E-state index contributed by atoms with van der Waals surface area (Å²) in [6.45, 7) is 4.46. The number of nitrogens with two attached hydrogens (primary N) is 1. The van der Waals surface area contributed by atoms with Crippen LogP contribution in [-0.2, 0) is 42.9 Å². The molecule has 3 aromatic rings. The van der Waals surface area contributed by atoms with Crippen molar-refractivity contribution in [1.82, 2.24) is 24.6 Å². The van der Waals surface area contributed by atoms with Crippen LogP contribution in [0.5, 0.6) is 5.88 Å². The molecule has 0 unspecified atom stereocenters. The zero-order chi connectivity index (χ0) is 31.6. The minimum absolute atomic E-state index is 0.0982. The third-order valence-corrected chi connectivity index (χ3v) is 11.0. The summed E-state index contributed by atoms with van der Waals surface area (Å²) in [6.07, 6.45) is 6.22. The van der Waals surface area contributed by atoms with Crippen molar-refractivity contribution in [2.24, 2.45) is 0 Å². The number of aryl methyl sites for hydroxylation is 2. The van der Waals surface area contributed by atoms with Gasteiger partial charge in [-0.3, -0.25) is 14.4 Å². The first-order valence-electron chi connectivity index (χ1n) is 16.8. The van der Waals surface area contributed by atoms with Crippen LogP contribution in [-0.4, -0.2) is 82.5 Å². The summed E-state index contributed by atoms with van der Waals surface area (Å²) in [5.41, 5.74) is 13.4. The number of aromatic nitrogens is 3. The fourth-order valence-electron chi connectivity index (χ4n) is 8.70. The SMILES string of the molecule is CN(C)C(=O)c1cc2n(n1)CCCN(c1cc(OC[C@@]34CCCN3C[C@H](F)C4)nc3c1CO[C@@]1(CCCc4ccc(N)cc41)C3)C2. The number of hydrogen-bond donors (Lipinski definition) is 1. The molecule has 0 saturated carbocycles. The molecule has 3 atom stereocenters. The summed E-state index contributed by atoms with van der Waals surface area (Å²) in [5.74, 6) is 0.484. The molecule has 2 aromatic heterocycles. The Morgan fingerprint density at radius 1 is 1.15 bits per heavy atom. The van der Waals surface area contributed by atoms with Crippen molar-refractivity contribution in [3.05, 3.63) is 64.1 Å². The molecule has 5 aliphatic rings. The first-order valence-corrected chi connectivity index (χ1v) is 16.8. The third kappa shape index (κ3) is 5.02. The average Bonchev–Trinajstić information content (AvgIpc) is 3.66. The minimum Gasteiger partial charge on any atom is -0.476 e. The van der Waals surface area contributed by atoms with Crippen molar-refractivity contribution in [2.75, 3.05) is 51.0 Å². The summed E-state index contributed by atoms with van der Waals surface area (Å²) < 4.78 is 30.0. The molecule has 2 fully saturated rings. The molecule has 11 heteroatoms. The second kappa shape index (κ2) is 11.2. The van der Waals surface area contributed by atoms with E-state index in [9.17, 15) is 9.18 Å². The molecule has 1 spiro atoms. The van der Waals surface area contributed by atoms with Gasteiger partial charge in [0.15, 0.2) is 5.69 Å². The number of alkyl halides is 1. The Kier molecular flexibility index (Phi) is 7.24. The highest BCUT2D eigenvalue weighted by molar-refractivity contribution is 5.92. The van der Waals surface area contributed by atoms with Crippen molar-refractivity contribution in [3.63, 3.8) is 0 Å². The van der Waals surface area contributed by atoms with Gasteiger partial charge >= 0.3 is 0 Å². The van der Waals surface area contributed by atoms with E-state index in [0.29, 0.717) is 50.7 Å². The van der Waals surface area contributed by atoms with E-state index >= 15 is 0 Å². The van der Waals surface area contributed by atoms with Crippen LogP contribution in [0.2, 0.25) is 0 Å². The van der Waals surface area contributed by atoms with E-state index in [4.69, 9.17) is 20.2 Å². The van der Waals surface area contributed by atoms with Crippen LogP contribution in [0.4, 0.5) is 15.8 Å². The maximum Gasteiger partial charge on any atom is 0.273 e. The smallest absolute Gasteiger partial charge is 0.273 e. The maximum atomic E-state index is 14.6. The van der Waals surface area contributed by atoms with Gasteiger partial charge in [0.1, 0.15) is 12.8 Å². The molecule has 0 bridgehead atoms. The average molecular weight is 630 g/mol. The molecular weight excluding hydrogens is 585 g/mol. The van der Waals surface area contributed by atoms with Crippen LogP contribution in [0.3, 0.4) is 0 Å². The third-order valence-electron chi connectivity index (χ3n) is 11.0. The van der Waals surface area contributed by atoms with Crippen molar-refractivity contribution in [1.29, 1.82) is 0 Å². The van der Waals surface area contributed by atoms with E-state index in [2.05, 4.69) is 33.1 Å². The summed E-state index contributed by atoms with van der Waals surface area (Å²) in [6, 6.07) is 10.2. The second-order valence-electron chi connectivity index (χ2n) is 14.2. The monoisotopic (exact) mass is 629 g/mol. The number of anilines is 2. The predicted octanol–water partition coefficient (Wildman–Crippen LogP) is 4.23. The number of carbonyl (C=O) groups excluding carboxylic acids is 1. The van der Waals surface area contributed by atoms with Crippen molar-refractivity contribution < 1.29 is 18.7 Å². The molecule has 4 aliphatic heterocycles. The molecule has 6 heterocycles. The number of nitrogens with zero attached hydrogens (tertiary/aromatic N) is 6. The lowest BCUT2D eigenvalue weighted by Crippen LogP contribution is -2.43. The number of ether oxygens (including phenoxy) is 2. The lowest BCUT2D eigenvalue weighted by Gasteiger charge is -2.43. The lowest BCUT2D eigenvalue weighted by atomic mass is 9.74. The van der Waals surface area contributed by atoms with Crippen LogP contribution in [0, 0.1) is 0 Å². The van der Waals surface area contributed by atoms with Crippen LogP contribution in [0.15, 0.2) is 30.3 Å². The van der Waals surface area contributed by atoms with E-state index < -0.39 is 11.8 Å². The van der Waals surface area contributed by atoms with E-state index in [0.717, 1.165) is 86.5 Å². The Balaban J connectivity index is 1.16. The first kappa shape index (κ1) is 29.7. The molecule has 0 radical (unpaired) electrons. The van der Waals surface area contributed by atoms with Gasteiger partial charge in [-0.1, -0.05) is 6.07 Å². The van der Waals surface area contributed by atoms with Crippen LogP contribution < -0.4 is 15.4 Å². The normalized spacial score (nSPS) is 27.1. The summed E-state index contributed by atoms with van der Waals surface area (Å²) in [7, 11) is 3.50. The Morgan fingerprint density at radius 3 is 2.91 bits per heavy atom. The summed E-state index contributed by atoms with van der Waals surface area (Å²) >= 11 is 0. The first-order chi connectivity index (χ1) is 22.2. The number of fused-ring (bicyclic) bond motifs is 5. The van der Waals surface area contributed by atoms with Gasteiger partial charge in [0, 0.05) is 69.6 Å². The minimum atomic E-state index is -0.807.